The van der Waals surface area contributed by atoms with E-state index in [1.807, 2.05) is 29.2 Å². The number of hydrogen-bond donors (Lipinski definition) is 0. The molecule has 1 amide bonds. The fourth-order valence-electron chi connectivity index (χ4n) is 3.28. The smallest absolute Gasteiger partial charge is 0.271 e. The monoisotopic (exact) mass is 472 g/mol. The molecule has 148 valence electrons. The summed E-state index contributed by atoms with van der Waals surface area (Å²) in [6.45, 7) is 2.47. The fraction of sp³-hybridized carbons (Fsp3) is 0.190. The molecule has 3 aromatic rings. The van der Waals surface area contributed by atoms with E-state index in [-0.39, 0.29) is 11.5 Å². The SMILES string of the molecule is O=C(c1cccc(Br)c1)N1CCN(c2ccc(=O)n(-c3ccc(Cl)cc3)n2)CC1. The summed E-state index contributed by atoms with van der Waals surface area (Å²) in [6, 6.07) is 17.6. The fourth-order valence-corrected chi connectivity index (χ4v) is 3.81. The highest BCUT2D eigenvalue weighted by Crippen LogP contribution is 2.18. The number of rotatable bonds is 3. The molecule has 8 heteroatoms. The van der Waals surface area contributed by atoms with Gasteiger partial charge in [-0.1, -0.05) is 33.6 Å². The van der Waals surface area contributed by atoms with Crippen LogP contribution in [0.1, 0.15) is 10.4 Å². The minimum Gasteiger partial charge on any atom is -0.352 e. The summed E-state index contributed by atoms with van der Waals surface area (Å²) in [7, 11) is 0. The van der Waals surface area contributed by atoms with Gasteiger partial charge in [0.2, 0.25) is 0 Å². The number of anilines is 1. The maximum atomic E-state index is 12.7. The summed E-state index contributed by atoms with van der Waals surface area (Å²) >= 11 is 9.34. The van der Waals surface area contributed by atoms with E-state index in [4.69, 9.17) is 11.6 Å². The molecule has 0 saturated carbocycles. The molecule has 0 radical (unpaired) electrons. The maximum Gasteiger partial charge on any atom is 0.271 e. The van der Waals surface area contributed by atoms with E-state index < -0.39 is 0 Å². The molecule has 1 aromatic heterocycles. The number of benzene rings is 2. The topological polar surface area (TPSA) is 58.4 Å². The van der Waals surface area contributed by atoms with Gasteiger partial charge in [-0.2, -0.15) is 4.68 Å². The zero-order valence-electron chi connectivity index (χ0n) is 15.5. The molecule has 2 aromatic carbocycles. The van der Waals surface area contributed by atoms with Crippen LogP contribution in [-0.2, 0) is 0 Å². The normalized spacial score (nSPS) is 14.1. The van der Waals surface area contributed by atoms with Crippen molar-refractivity contribution < 1.29 is 4.79 Å². The second kappa shape index (κ2) is 8.39. The van der Waals surface area contributed by atoms with E-state index in [1.54, 1.807) is 30.3 Å². The van der Waals surface area contributed by atoms with Gasteiger partial charge in [-0.3, -0.25) is 9.59 Å². The van der Waals surface area contributed by atoms with E-state index in [2.05, 4.69) is 25.9 Å². The zero-order valence-corrected chi connectivity index (χ0v) is 17.8. The van der Waals surface area contributed by atoms with Crippen LogP contribution in [0.25, 0.3) is 5.69 Å². The van der Waals surface area contributed by atoms with E-state index in [0.29, 0.717) is 48.3 Å². The number of amides is 1. The van der Waals surface area contributed by atoms with Crippen molar-refractivity contribution in [3.8, 4) is 5.69 Å². The lowest BCUT2D eigenvalue weighted by Gasteiger charge is -2.35. The van der Waals surface area contributed by atoms with Crippen molar-refractivity contribution in [1.29, 1.82) is 0 Å². The van der Waals surface area contributed by atoms with Crippen LogP contribution in [0.2, 0.25) is 5.02 Å². The van der Waals surface area contributed by atoms with Crippen molar-refractivity contribution in [1.82, 2.24) is 14.7 Å². The first-order valence-corrected chi connectivity index (χ1v) is 10.3. The molecule has 0 N–H and O–H groups in total. The molecule has 4 rings (SSSR count). The summed E-state index contributed by atoms with van der Waals surface area (Å²) in [5.41, 5.74) is 1.12. The highest BCUT2D eigenvalue weighted by Gasteiger charge is 2.23. The van der Waals surface area contributed by atoms with Crippen LogP contribution in [0, 0.1) is 0 Å². The molecule has 0 spiro atoms. The van der Waals surface area contributed by atoms with Gasteiger partial charge in [-0.25, -0.2) is 0 Å². The second-order valence-corrected chi connectivity index (χ2v) is 8.06. The third-order valence-corrected chi connectivity index (χ3v) is 5.57. The van der Waals surface area contributed by atoms with Crippen LogP contribution in [-0.4, -0.2) is 46.8 Å². The van der Waals surface area contributed by atoms with Gasteiger partial charge in [-0.05, 0) is 48.5 Å². The minimum absolute atomic E-state index is 0.0186. The number of nitrogens with zero attached hydrogens (tertiary/aromatic N) is 4. The summed E-state index contributed by atoms with van der Waals surface area (Å²) in [4.78, 5) is 28.9. The third kappa shape index (κ3) is 4.36. The maximum absolute atomic E-state index is 12.7. The van der Waals surface area contributed by atoms with Gasteiger partial charge in [0.15, 0.2) is 0 Å². The Hall–Kier alpha value is -2.64. The molecule has 1 saturated heterocycles. The number of aromatic nitrogens is 2. The molecule has 1 fully saturated rings. The lowest BCUT2D eigenvalue weighted by molar-refractivity contribution is 0.0746. The second-order valence-electron chi connectivity index (χ2n) is 6.71. The molecule has 1 aliphatic heterocycles. The molecule has 0 bridgehead atoms. The largest absolute Gasteiger partial charge is 0.352 e. The van der Waals surface area contributed by atoms with Crippen LogP contribution in [0.3, 0.4) is 0 Å². The number of hydrogen-bond acceptors (Lipinski definition) is 4. The number of carbonyl (C=O) groups is 1. The van der Waals surface area contributed by atoms with Crippen molar-refractivity contribution in [2.75, 3.05) is 31.1 Å². The highest BCUT2D eigenvalue weighted by atomic mass is 79.9. The number of piperazine rings is 1. The first kappa shape index (κ1) is 19.7. The lowest BCUT2D eigenvalue weighted by atomic mass is 10.2. The lowest BCUT2D eigenvalue weighted by Crippen LogP contribution is -2.49. The van der Waals surface area contributed by atoms with Crippen LogP contribution >= 0.6 is 27.5 Å². The predicted octanol–water partition coefficient (Wildman–Crippen LogP) is 3.61. The van der Waals surface area contributed by atoms with Crippen molar-refractivity contribution in [3.63, 3.8) is 0 Å². The number of halogens is 2. The van der Waals surface area contributed by atoms with Crippen LogP contribution in [0.5, 0.6) is 0 Å². The van der Waals surface area contributed by atoms with Gasteiger partial charge in [0.05, 0.1) is 5.69 Å². The number of carbonyl (C=O) groups excluding carboxylic acids is 1. The van der Waals surface area contributed by atoms with E-state index in [9.17, 15) is 9.59 Å². The molecule has 1 aliphatic rings. The van der Waals surface area contributed by atoms with Crippen LogP contribution < -0.4 is 10.5 Å². The van der Waals surface area contributed by atoms with E-state index in [1.165, 1.54) is 10.7 Å². The third-order valence-electron chi connectivity index (χ3n) is 4.82. The van der Waals surface area contributed by atoms with Gasteiger partial charge in [0.1, 0.15) is 5.82 Å². The Morgan fingerprint density at radius 3 is 2.38 bits per heavy atom. The molecule has 0 atom stereocenters. The van der Waals surface area contributed by atoms with Gasteiger partial charge >= 0.3 is 0 Å². The standard InChI is InChI=1S/C21H18BrClN4O2/c22-16-3-1-2-15(14-16)21(29)26-12-10-25(11-13-26)19-8-9-20(28)27(24-19)18-6-4-17(23)5-7-18/h1-9,14H,10-13H2. The summed E-state index contributed by atoms with van der Waals surface area (Å²) in [5, 5.41) is 5.11. The van der Waals surface area contributed by atoms with Crippen molar-refractivity contribution >= 4 is 39.3 Å². The molecule has 0 aliphatic carbocycles. The van der Waals surface area contributed by atoms with Crippen molar-refractivity contribution in [3.05, 3.63) is 86.1 Å². The molecular weight excluding hydrogens is 456 g/mol. The van der Waals surface area contributed by atoms with Crippen molar-refractivity contribution in [2.24, 2.45) is 0 Å². The summed E-state index contributed by atoms with van der Waals surface area (Å²) < 4.78 is 2.25. The van der Waals surface area contributed by atoms with Crippen LogP contribution in [0.4, 0.5) is 5.82 Å². The quantitative estimate of drug-likeness (QED) is 0.583. The Morgan fingerprint density at radius 1 is 0.966 bits per heavy atom. The van der Waals surface area contributed by atoms with E-state index >= 15 is 0 Å². The Morgan fingerprint density at radius 2 is 1.69 bits per heavy atom. The molecule has 6 nitrogen and oxygen atoms in total. The van der Waals surface area contributed by atoms with Gasteiger partial charge in [-0.15, -0.1) is 5.10 Å². The highest BCUT2D eigenvalue weighted by molar-refractivity contribution is 9.10. The summed E-state index contributed by atoms with van der Waals surface area (Å²) in [6.07, 6.45) is 0. The summed E-state index contributed by atoms with van der Waals surface area (Å²) in [5.74, 6) is 0.721. The van der Waals surface area contributed by atoms with Gasteiger partial charge < -0.3 is 9.80 Å². The zero-order chi connectivity index (χ0) is 20.4. The van der Waals surface area contributed by atoms with Crippen LogP contribution in [0.15, 0.2) is 69.9 Å². The Balaban J connectivity index is 1.49. The molecule has 29 heavy (non-hydrogen) atoms. The first-order chi connectivity index (χ1) is 14.0. The Labute approximate surface area is 181 Å². The van der Waals surface area contributed by atoms with E-state index in [0.717, 1.165) is 4.47 Å². The molecule has 0 unspecified atom stereocenters. The Bertz CT molecular complexity index is 1090. The first-order valence-electron chi connectivity index (χ1n) is 9.17. The predicted molar refractivity (Wildman–Crippen MR) is 117 cm³/mol. The molecular formula is C21H18BrClN4O2. The average molecular weight is 474 g/mol. The average Bonchev–Trinajstić information content (AvgIpc) is 2.74. The minimum atomic E-state index is -0.209. The van der Waals surface area contributed by atoms with Gasteiger partial charge in [0.25, 0.3) is 11.5 Å². The Kier molecular flexibility index (Phi) is 5.69. The van der Waals surface area contributed by atoms with Crippen molar-refractivity contribution in [2.45, 2.75) is 0 Å². The molecule has 2 heterocycles. The van der Waals surface area contributed by atoms with Gasteiger partial charge in [0, 0.05) is 47.3 Å².